The van der Waals surface area contributed by atoms with Crippen LogP contribution in [0.2, 0.25) is 0 Å². The molecule has 2 aromatic rings. The number of hydrogen-bond acceptors (Lipinski definition) is 6. The number of rotatable bonds is 4. The summed E-state index contributed by atoms with van der Waals surface area (Å²) in [4.78, 5) is 15.2. The first-order valence-corrected chi connectivity index (χ1v) is 7.74. The number of carboxylic acids is 1. The molecule has 0 aliphatic heterocycles. The second kappa shape index (κ2) is 5.19. The van der Waals surface area contributed by atoms with Gasteiger partial charge in [0.2, 0.25) is 10.0 Å². The quantitative estimate of drug-likeness (QED) is 0.787. The monoisotopic (exact) mass is 313 g/mol. The number of hydrogen-bond donors (Lipinski definition) is 3. The number of aryl methyl sites for hydroxylation is 1. The van der Waals surface area contributed by atoms with Crippen molar-refractivity contribution in [3.63, 3.8) is 0 Å². The summed E-state index contributed by atoms with van der Waals surface area (Å²) in [6.45, 7) is 1.61. The third kappa shape index (κ3) is 3.13. The Kier molecular flexibility index (Phi) is 3.75. The van der Waals surface area contributed by atoms with Crippen LogP contribution in [0, 0.1) is 6.92 Å². The van der Waals surface area contributed by atoms with E-state index in [0.29, 0.717) is 16.5 Å². The van der Waals surface area contributed by atoms with Crippen molar-refractivity contribution in [2.45, 2.75) is 11.8 Å². The first kappa shape index (κ1) is 14.4. The Morgan fingerprint density at radius 2 is 1.95 bits per heavy atom. The van der Waals surface area contributed by atoms with E-state index in [1.165, 1.54) is 24.3 Å². The molecule has 0 saturated carbocycles. The second-order valence-electron chi connectivity index (χ2n) is 3.93. The van der Waals surface area contributed by atoms with Crippen LogP contribution in [0.1, 0.15) is 15.4 Å². The van der Waals surface area contributed by atoms with Crippen molar-refractivity contribution in [3.8, 4) is 0 Å². The highest BCUT2D eigenvalue weighted by atomic mass is 32.2. The largest absolute Gasteiger partial charge is 0.477 e. The Morgan fingerprint density at radius 1 is 1.35 bits per heavy atom. The van der Waals surface area contributed by atoms with E-state index in [4.69, 9.17) is 10.2 Å². The summed E-state index contributed by atoms with van der Waals surface area (Å²) < 4.78 is 22.2. The zero-order chi connectivity index (χ0) is 14.9. The van der Waals surface area contributed by atoms with Gasteiger partial charge in [0.1, 0.15) is 4.88 Å². The van der Waals surface area contributed by atoms with Gasteiger partial charge in [-0.1, -0.05) is 11.3 Å². The standard InChI is InChI=1S/C11H11N3O4S2/c1-6-9(10(15)16)19-11(13-6)14-7-2-4-8(5-3-7)20(12,17)18/h2-5H,1H3,(H,13,14)(H,15,16)(H2,12,17,18). The van der Waals surface area contributed by atoms with Gasteiger partial charge >= 0.3 is 5.97 Å². The summed E-state index contributed by atoms with van der Waals surface area (Å²) in [7, 11) is -3.72. The molecule has 1 heterocycles. The molecule has 1 aromatic carbocycles. The fourth-order valence-electron chi connectivity index (χ4n) is 1.50. The molecule has 0 fully saturated rings. The first-order chi connectivity index (χ1) is 9.27. The summed E-state index contributed by atoms with van der Waals surface area (Å²) in [6.07, 6.45) is 0. The summed E-state index contributed by atoms with van der Waals surface area (Å²) in [6, 6.07) is 5.76. The van der Waals surface area contributed by atoms with Gasteiger partial charge in [0.25, 0.3) is 0 Å². The zero-order valence-corrected chi connectivity index (χ0v) is 12.0. The van der Waals surface area contributed by atoms with Gasteiger partial charge in [0.05, 0.1) is 10.6 Å². The predicted molar refractivity (Wildman–Crippen MR) is 74.9 cm³/mol. The Morgan fingerprint density at radius 3 is 2.40 bits per heavy atom. The number of aromatic carboxylic acids is 1. The van der Waals surface area contributed by atoms with E-state index in [2.05, 4.69) is 10.3 Å². The molecule has 2 rings (SSSR count). The van der Waals surface area contributed by atoms with E-state index in [1.807, 2.05) is 0 Å². The SMILES string of the molecule is Cc1nc(Nc2ccc(S(N)(=O)=O)cc2)sc1C(=O)O. The van der Waals surface area contributed by atoms with Crippen LogP contribution in [0.5, 0.6) is 0 Å². The molecule has 0 radical (unpaired) electrons. The molecule has 0 spiro atoms. The van der Waals surface area contributed by atoms with E-state index in [9.17, 15) is 13.2 Å². The Labute approximate surface area is 119 Å². The number of primary sulfonamides is 1. The van der Waals surface area contributed by atoms with Gasteiger partial charge in [0.15, 0.2) is 5.13 Å². The highest BCUT2D eigenvalue weighted by Gasteiger charge is 2.14. The van der Waals surface area contributed by atoms with Gasteiger partial charge in [-0.25, -0.2) is 23.3 Å². The Balaban J connectivity index is 2.22. The van der Waals surface area contributed by atoms with Crippen LogP contribution in [0.3, 0.4) is 0 Å². The molecule has 7 nitrogen and oxygen atoms in total. The summed E-state index contributed by atoms with van der Waals surface area (Å²) in [5, 5.41) is 17.3. The lowest BCUT2D eigenvalue weighted by Gasteiger charge is -2.03. The van der Waals surface area contributed by atoms with E-state index in [1.54, 1.807) is 6.92 Å². The molecule has 9 heteroatoms. The highest BCUT2D eigenvalue weighted by molar-refractivity contribution is 7.89. The fraction of sp³-hybridized carbons (Fsp3) is 0.0909. The number of sulfonamides is 1. The number of anilines is 2. The maximum atomic E-state index is 11.1. The lowest BCUT2D eigenvalue weighted by atomic mass is 10.3. The number of nitrogens with zero attached hydrogens (tertiary/aromatic N) is 1. The first-order valence-electron chi connectivity index (χ1n) is 5.38. The van der Waals surface area contributed by atoms with Crippen molar-refractivity contribution in [1.82, 2.24) is 4.98 Å². The molecule has 106 valence electrons. The van der Waals surface area contributed by atoms with Crippen LogP contribution in [-0.2, 0) is 10.0 Å². The smallest absolute Gasteiger partial charge is 0.347 e. The minimum atomic E-state index is -3.72. The molecule has 0 unspecified atom stereocenters. The molecule has 1 aromatic heterocycles. The Hall–Kier alpha value is -1.97. The zero-order valence-electron chi connectivity index (χ0n) is 10.3. The van der Waals surface area contributed by atoms with Crippen molar-refractivity contribution in [2.75, 3.05) is 5.32 Å². The molecule has 0 bridgehead atoms. The third-order valence-electron chi connectivity index (χ3n) is 2.42. The average Bonchev–Trinajstić information content (AvgIpc) is 2.70. The maximum absolute atomic E-state index is 11.1. The van der Waals surface area contributed by atoms with Crippen molar-refractivity contribution in [1.29, 1.82) is 0 Å². The van der Waals surface area contributed by atoms with Crippen LogP contribution in [0.15, 0.2) is 29.2 Å². The van der Waals surface area contributed by atoms with Crippen LogP contribution in [0.25, 0.3) is 0 Å². The number of nitrogens with two attached hydrogens (primary N) is 1. The maximum Gasteiger partial charge on any atom is 0.347 e. The molecule has 0 amide bonds. The van der Waals surface area contributed by atoms with E-state index in [-0.39, 0.29) is 9.77 Å². The number of carboxylic acid groups (broad SMARTS) is 1. The van der Waals surface area contributed by atoms with Gasteiger partial charge in [-0.3, -0.25) is 0 Å². The van der Waals surface area contributed by atoms with E-state index in [0.717, 1.165) is 11.3 Å². The number of nitrogens with one attached hydrogen (secondary N) is 1. The average molecular weight is 313 g/mol. The molecule has 0 saturated heterocycles. The van der Waals surface area contributed by atoms with Gasteiger partial charge < -0.3 is 10.4 Å². The van der Waals surface area contributed by atoms with Gasteiger partial charge in [-0.05, 0) is 31.2 Å². The van der Waals surface area contributed by atoms with Gasteiger partial charge in [0, 0.05) is 5.69 Å². The molecular weight excluding hydrogens is 302 g/mol. The minimum Gasteiger partial charge on any atom is -0.477 e. The van der Waals surface area contributed by atoms with Crippen molar-refractivity contribution in [3.05, 3.63) is 34.8 Å². The second-order valence-corrected chi connectivity index (χ2v) is 6.49. The Bertz CT molecular complexity index is 750. The van der Waals surface area contributed by atoms with Crippen LogP contribution in [0.4, 0.5) is 10.8 Å². The summed E-state index contributed by atoms with van der Waals surface area (Å²) in [5.41, 5.74) is 1.01. The molecular formula is C11H11N3O4S2. The van der Waals surface area contributed by atoms with E-state index < -0.39 is 16.0 Å². The summed E-state index contributed by atoms with van der Waals surface area (Å²) >= 11 is 1.01. The fourth-order valence-corrected chi connectivity index (χ4v) is 2.84. The van der Waals surface area contributed by atoms with E-state index >= 15 is 0 Å². The van der Waals surface area contributed by atoms with Crippen molar-refractivity contribution in [2.24, 2.45) is 5.14 Å². The number of benzene rings is 1. The van der Waals surface area contributed by atoms with Gasteiger partial charge in [-0.15, -0.1) is 0 Å². The van der Waals surface area contributed by atoms with Crippen LogP contribution < -0.4 is 10.5 Å². The lowest BCUT2D eigenvalue weighted by molar-refractivity contribution is 0.0701. The molecule has 0 aliphatic carbocycles. The topological polar surface area (TPSA) is 122 Å². The molecule has 0 aliphatic rings. The minimum absolute atomic E-state index is 0.00425. The molecule has 4 N–H and O–H groups in total. The van der Waals surface area contributed by atoms with Crippen molar-refractivity contribution < 1.29 is 18.3 Å². The molecule has 0 atom stereocenters. The third-order valence-corrected chi connectivity index (χ3v) is 4.42. The molecule has 20 heavy (non-hydrogen) atoms. The van der Waals surface area contributed by atoms with Gasteiger partial charge in [-0.2, -0.15) is 0 Å². The number of carbonyl (C=O) groups is 1. The summed E-state index contributed by atoms with van der Waals surface area (Å²) in [5.74, 6) is -1.03. The lowest BCUT2D eigenvalue weighted by Crippen LogP contribution is -2.11. The van der Waals surface area contributed by atoms with Crippen LogP contribution in [-0.4, -0.2) is 24.5 Å². The number of thiazole rings is 1. The van der Waals surface area contributed by atoms with Crippen molar-refractivity contribution >= 4 is 38.1 Å². The normalized spacial score (nSPS) is 11.3. The van der Waals surface area contributed by atoms with Crippen LogP contribution >= 0.6 is 11.3 Å². The number of aromatic nitrogens is 1. The predicted octanol–water partition coefficient (Wildman–Crippen LogP) is 1.54. The highest BCUT2D eigenvalue weighted by Crippen LogP contribution is 2.26.